The van der Waals surface area contributed by atoms with E-state index in [1.807, 2.05) is 6.08 Å². The van der Waals surface area contributed by atoms with E-state index in [4.69, 9.17) is 9.47 Å². The number of ether oxygens (including phenoxy) is 2. The first-order valence-corrected chi connectivity index (χ1v) is 11.3. The highest BCUT2D eigenvalue weighted by Crippen LogP contribution is 2.35. The van der Waals surface area contributed by atoms with Gasteiger partial charge in [-0.3, -0.25) is 0 Å². The van der Waals surface area contributed by atoms with Gasteiger partial charge in [-0.25, -0.2) is 13.2 Å². The predicted molar refractivity (Wildman–Crippen MR) is 120 cm³/mol. The lowest BCUT2D eigenvalue weighted by atomic mass is 9.98. The fourth-order valence-electron chi connectivity index (χ4n) is 4.27. The lowest BCUT2D eigenvalue weighted by molar-refractivity contribution is -0.205. The van der Waals surface area contributed by atoms with Crippen molar-refractivity contribution in [1.29, 1.82) is 0 Å². The highest BCUT2D eigenvalue weighted by atomic mass is 19.4. The summed E-state index contributed by atoms with van der Waals surface area (Å²) in [5, 5.41) is 0.993. The van der Waals surface area contributed by atoms with Gasteiger partial charge >= 0.3 is 6.18 Å². The average molecular weight is 494 g/mol. The maximum atomic E-state index is 15.1. The topological polar surface area (TPSA) is 18.5 Å². The maximum absolute atomic E-state index is 15.1. The standard InChI is InChI=1S/C27H24F6O2/c1-2-3-4-17-14-34-26(35-15-17)20-9-10-21-19(13-20)8-7-18(25(21)30)6-5-16-11-22(28)24(23(29)12-16)27(31,32)33/h2,7-13,17,26H,1,3-6,14-15H2. The number of aryl methyl sites for hydroxylation is 2. The fourth-order valence-corrected chi connectivity index (χ4v) is 4.27. The van der Waals surface area contributed by atoms with Crippen LogP contribution in [0.25, 0.3) is 10.8 Å². The lowest BCUT2D eigenvalue weighted by Gasteiger charge is -2.29. The minimum absolute atomic E-state index is 0.0147. The van der Waals surface area contributed by atoms with E-state index < -0.39 is 35.5 Å². The lowest BCUT2D eigenvalue weighted by Crippen LogP contribution is -2.27. The summed E-state index contributed by atoms with van der Waals surface area (Å²) >= 11 is 0. The summed E-state index contributed by atoms with van der Waals surface area (Å²) in [6, 6.07) is 9.71. The highest BCUT2D eigenvalue weighted by molar-refractivity contribution is 5.84. The number of allylic oxidation sites excluding steroid dienone is 1. The Kier molecular flexibility index (Phi) is 7.52. The van der Waals surface area contributed by atoms with Gasteiger partial charge in [0.2, 0.25) is 0 Å². The molecule has 8 heteroatoms. The molecule has 1 saturated heterocycles. The molecule has 0 amide bonds. The molecule has 2 nitrogen and oxygen atoms in total. The Morgan fingerprint density at radius 2 is 1.60 bits per heavy atom. The number of fused-ring (bicyclic) bond motifs is 1. The first kappa shape index (κ1) is 25.3. The largest absolute Gasteiger partial charge is 0.422 e. The number of rotatable bonds is 7. The van der Waals surface area contributed by atoms with Crippen LogP contribution < -0.4 is 0 Å². The van der Waals surface area contributed by atoms with Crippen molar-refractivity contribution in [2.45, 2.75) is 38.1 Å². The molecule has 0 radical (unpaired) electrons. The van der Waals surface area contributed by atoms with Gasteiger partial charge in [0.15, 0.2) is 6.29 Å². The molecular weight excluding hydrogens is 470 g/mol. The third-order valence-corrected chi connectivity index (χ3v) is 6.14. The molecule has 1 fully saturated rings. The van der Waals surface area contributed by atoms with Crippen molar-refractivity contribution in [2.24, 2.45) is 5.92 Å². The zero-order chi connectivity index (χ0) is 25.2. The molecule has 1 heterocycles. The van der Waals surface area contributed by atoms with Crippen molar-refractivity contribution in [2.75, 3.05) is 13.2 Å². The molecule has 4 rings (SSSR count). The Morgan fingerprint density at radius 1 is 0.914 bits per heavy atom. The first-order valence-electron chi connectivity index (χ1n) is 11.3. The van der Waals surface area contributed by atoms with E-state index in [2.05, 4.69) is 6.58 Å². The van der Waals surface area contributed by atoms with Gasteiger partial charge < -0.3 is 9.47 Å². The molecule has 1 aliphatic rings. The van der Waals surface area contributed by atoms with Crippen molar-refractivity contribution in [3.63, 3.8) is 0 Å². The number of benzene rings is 3. The molecule has 0 atom stereocenters. The molecule has 1 aliphatic heterocycles. The van der Waals surface area contributed by atoms with E-state index >= 15 is 4.39 Å². The van der Waals surface area contributed by atoms with Gasteiger partial charge in [0.1, 0.15) is 23.0 Å². The van der Waals surface area contributed by atoms with E-state index in [1.54, 1.807) is 30.3 Å². The Labute approximate surface area is 199 Å². The maximum Gasteiger partial charge on any atom is 0.422 e. The molecule has 0 N–H and O–H groups in total. The zero-order valence-electron chi connectivity index (χ0n) is 18.8. The van der Waals surface area contributed by atoms with Crippen LogP contribution in [0, 0.1) is 23.4 Å². The van der Waals surface area contributed by atoms with Crippen LogP contribution in [0.3, 0.4) is 0 Å². The van der Waals surface area contributed by atoms with Crippen molar-refractivity contribution >= 4 is 10.8 Å². The summed E-state index contributed by atoms with van der Waals surface area (Å²) in [5.74, 6) is -3.55. The monoisotopic (exact) mass is 494 g/mol. The Hall–Kier alpha value is -2.84. The van der Waals surface area contributed by atoms with Crippen LogP contribution in [0.15, 0.2) is 55.1 Å². The van der Waals surface area contributed by atoms with Gasteiger partial charge in [-0.1, -0.05) is 30.3 Å². The van der Waals surface area contributed by atoms with E-state index in [-0.39, 0.29) is 18.4 Å². The number of hydrogen-bond acceptors (Lipinski definition) is 2. The molecule has 0 spiro atoms. The van der Waals surface area contributed by atoms with Crippen molar-refractivity contribution in [1.82, 2.24) is 0 Å². The van der Waals surface area contributed by atoms with Gasteiger partial charge in [-0.05, 0) is 60.4 Å². The minimum atomic E-state index is -5.13. The number of halogens is 6. The van der Waals surface area contributed by atoms with Crippen LogP contribution in [0.1, 0.15) is 41.4 Å². The van der Waals surface area contributed by atoms with Crippen molar-refractivity contribution in [3.05, 3.63) is 94.8 Å². The smallest absolute Gasteiger partial charge is 0.348 e. The van der Waals surface area contributed by atoms with E-state index in [1.165, 1.54) is 0 Å². The third kappa shape index (κ3) is 5.70. The van der Waals surface area contributed by atoms with Crippen LogP contribution in [-0.2, 0) is 28.5 Å². The van der Waals surface area contributed by atoms with Gasteiger partial charge in [-0.2, -0.15) is 13.2 Å². The number of alkyl halides is 3. The van der Waals surface area contributed by atoms with Crippen LogP contribution in [0.5, 0.6) is 0 Å². The molecule has 3 aromatic carbocycles. The Bertz CT molecular complexity index is 1190. The second-order valence-electron chi connectivity index (χ2n) is 8.68. The van der Waals surface area contributed by atoms with E-state index in [0.29, 0.717) is 47.6 Å². The minimum Gasteiger partial charge on any atom is -0.348 e. The van der Waals surface area contributed by atoms with Crippen molar-refractivity contribution in [3.8, 4) is 0 Å². The summed E-state index contributed by atoms with van der Waals surface area (Å²) in [5.41, 5.74) is -0.850. The van der Waals surface area contributed by atoms with Crippen LogP contribution in [0.2, 0.25) is 0 Å². The van der Waals surface area contributed by atoms with Gasteiger partial charge in [0.05, 0.1) is 13.2 Å². The SMILES string of the molecule is C=CCCC1COC(c2ccc3c(F)c(CCc4cc(F)c(C(F)(F)F)c(F)c4)ccc3c2)OC1. The third-order valence-electron chi connectivity index (χ3n) is 6.14. The summed E-state index contributed by atoms with van der Waals surface area (Å²) in [4.78, 5) is 0. The zero-order valence-corrected chi connectivity index (χ0v) is 18.8. The Balaban J connectivity index is 1.46. The van der Waals surface area contributed by atoms with Gasteiger partial charge in [0.25, 0.3) is 0 Å². The van der Waals surface area contributed by atoms with Crippen molar-refractivity contribution < 1.29 is 35.8 Å². The Morgan fingerprint density at radius 3 is 2.23 bits per heavy atom. The van der Waals surface area contributed by atoms with Gasteiger partial charge in [-0.15, -0.1) is 6.58 Å². The average Bonchev–Trinajstić information content (AvgIpc) is 2.81. The quantitative estimate of drug-likeness (QED) is 0.248. The highest BCUT2D eigenvalue weighted by Gasteiger charge is 2.37. The van der Waals surface area contributed by atoms with Crippen LogP contribution in [0.4, 0.5) is 26.3 Å². The van der Waals surface area contributed by atoms with E-state index in [9.17, 15) is 22.0 Å². The molecular formula is C27H24F6O2. The predicted octanol–water partition coefficient (Wildman–Crippen LogP) is 7.69. The van der Waals surface area contributed by atoms with Crippen LogP contribution in [-0.4, -0.2) is 13.2 Å². The summed E-state index contributed by atoms with van der Waals surface area (Å²) < 4.78 is 92.7. The summed E-state index contributed by atoms with van der Waals surface area (Å²) in [6.45, 7) is 4.84. The second kappa shape index (κ2) is 10.4. The molecule has 0 aliphatic carbocycles. The van der Waals surface area contributed by atoms with Gasteiger partial charge in [0, 0.05) is 16.9 Å². The molecule has 0 saturated carbocycles. The second-order valence-corrected chi connectivity index (χ2v) is 8.68. The summed E-state index contributed by atoms with van der Waals surface area (Å²) in [7, 11) is 0. The molecule has 0 aromatic heterocycles. The van der Waals surface area contributed by atoms with E-state index in [0.717, 1.165) is 18.4 Å². The first-order chi connectivity index (χ1) is 16.7. The normalized spacial score (nSPS) is 18.7. The fraction of sp³-hybridized carbons (Fsp3) is 0.333. The molecule has 0 bridgehead atoms. The van der Waals surface area contributed by atoms with Crippen LogP contribution >= 0.6 is 0 Å². The molecule has 186 valence electrons. The summed E-state index contributed by atoms with van der Waals surface area (Å²) in [6.07, 6.45) is -1.94. The molecule has 3 aromatic rings. The number of hydrogen-bond donors (Lipinski definition) is 0. The molecule has 35 heavy (non-hydrogen) atoms. The molecule has 0 unspecified atom stereocenters.